The van der Waals surface area contributed by atoms with Crippen LogP contribution >= 0.6 is 0 Å². The highest BCUT2D eigenvalue weighted by Crippen LogP contribution is 2.50. The zero-order chi connectivity index (χ0) is 20.7. The molecule has 2 nitrogen and oxygen atoms in total. The summed E-state index contributed by atoms with van der Waals surface area (Å²) < 4.78 is 0. The Morgan fingerprint density at radius 1 is 0.867 bits per heavy atom. The highest BCUT2D eigenvalue weighted by Gasteiger charge is 2.42. The Morgan fingerprint density at radius 3 is 2.20 bits per heavy atom. The zero-order valence-electron chi connectivity index (χ0n) is 17.4. The van der Waals surface area contributed by atoms with Crippen LogP contribution in [-0.2, 0) is 12.8 Å². The molecule has 0 N–H and O–H groups in total. The van der Waals surface area contributed by atoms with Gasteiger partial charge in [-0.15, -0.1) is 0 Å². The number of amides is 1. The second-order valence-corrected chi connectivity index (χ2v) is 8.62. The molecule has 0 fully saturated rings. The molecule has 3 aromatic rings. The van der Waals surface area contributed by atoms with Crippen LogP contribution in [0, 0.1) is 18.3 Å². The van der Waals surface area contributed by atoms with Crippen molar-refractivity contribution in [3.63, 3.8) is 0 Å². The molecule has 0 unspecified atom stereocenters. The molecule has 0 saturated carbocycles. The van der Waals surface area contributed by atoms with Crippen LogP contribution in [0.4, 0.5) is 0 Å². The molecule has 148 valence electrons. The zero-order valence-corrected chi connectivity index (χ0v) is 17.4. The molecule has 2 heteroatoms. The van der Waals surface area contributed by atoms with E-state index in [0.29, 0.717) is 0 Å². The highest BCUT2D eigenvalue weighted by molar-refractivity contribution is 5.93. The van der Waals surface area contributed by atoms with Gasteiger partial charge in [-0.1, -0.05) is 72.3 Å². The van der Waals surface area contributed by atoms with E-state index in [2.05, 4.69) is 79.6 Å². The predicted octanol–water partition coefficient (Wildman–Crippen LogP) is 5.38. The van der Waals surface area contributed by atoms with Gasteiger partial charge >= 0.3 is 0 Å². The van der Waals surface area contributed by atoms with E-state index in [4.69, 9.17) is 0 Å². The number of benzene rings is 3. The number of rotatable bonds is 4. The van der Waals surface area contributed by atoms with Crippen LogP contribution in [0.15, 0.2) is 78.4 Å². The minimum absolute atomic E-state index is 0.0402. The van der Waals surface area contributed by atoms with Crippen molar-refractivity contribution in [1.29, 1.82) is 0 Å². The van der Waals surface area contributed by atoms with Gasteiger partial charge in [0.2, 0.25) is 0 Å². The van der Waals surface area contributed by atoms with Crippen molar-refractivity contribution in [2.75, 3.05) is 14.1 Å². The van der Waals surface area contributed by atoms with Crippen molar-refractivity contribution in [1.82, 2.24) is 4.90 Å². The Hall–Kier alpha value is -3.13. The Morgan fingerprint density at radius 2 is 1.53 bits per heavy atom. The van der Waals surface area contributed by atoms with E-state index >= 15 is 0 Å². The number of hydrogen-bond donors (Lipinski definition) is 0. The van der Waals surface area contributed by atoms with Crippen molar-refractivity contribution in [3.8, 4) is 0 Å². The number of nitrogens with zero attached hydrogens (tertiary/aromatic N) is 1. The minimum Gasteiger partial charge on any atom is -0.345 e. The van der Waals surface area contributed by atoms with E-state index in [0.717, 1.165) is 18.4 Å². The molecule has 3 aromatic carbocycles. The maximum absolute atomic E-state index is 12.3. The molecule has 5 rings (SSSR count). The van der Waals surface area contributed by atoms with E-state index in [-0.39, 0.29) is 11.3 Å². The molecule has 2 aliphatic rings. The highest BCUT2D eigenvalue weighted by atomic mass is 16.2. The maximum atomic E-state index is 12.3. The Labute approximate surface area is 178 Å². The fraction of sp³-hybridized carbons (Fsp3) is 0.179. The van der Waals surface area contributed by atoms with Crippen molar-refractivity contribution >= 4 is 12.0 Å². The van der Waals surface area contributed by atoms with Crippen LogP contribution in [-0.4, -0.2) is 24.9 Å². The van der Waals surface area contributed by atoms with Gasteiger partial charge in [0, 0.05) is 37.9 Å². The Balaban J connectivity index is 1.49. The maximum Gasteiger partial charge on any atom is 0.253 e. The quantitative estimate of drug-likeness (QED) is 0.585. The average molecular weight is 392 g/mol. The lowest BCUT2D eigenvalue weighted by Gasteiger charge is -2.31. The van der Waals surface area contributed by atoms with Gasteiger partial charge in [0.1, 0.15) is 0 Å². The van der Waals surface area contributed by atoms with Gasteiger partial charge in [0.25, 0.3) is 5.91 Å². The van der Waals surface area contributed by atoms with E-state index in [1.807, 2.05) is 12.1 Å². The fourth-order valence-electron chi connectivity index (χ4n) is 4.75. The third-order valence-electron chi connectivity index (χ3n) is 6.31. The minimum atomic E-state index is -0.0736. The smallest absolute Gasteiger partial charge is 0.253 e. The summed E-state index contributed by atoms with van der Waals surface area (Å²) in [6.07, 6.45) is 9.06. The van der Waals surface area contributed by atoms with E-state index in [1.54, 1.807) is 19.0 Å². The molecule has 0 spiro atoms. The van der Waals surface area contributed by atoms with Crippen molar-refractivity contribution < 1.29 is 4.79 Å². The van der Waals surface area contributed by atoms with Crippen LogP contribution in [0.3, 0.4) is 0 Å². The third-order valence-corrected chi connectivity index (χ3v) is 6.31. The van der Waals surface area contributed by atoms with Gasteiger partial charge in [-0.3, -0.25) is 4.79 Å². The first-order chi connectivity index (χ1) is 14.5. The number of hydrogen-bond acceptors (Lipinski definition) is 1. The largest absolute Gasteiger partial charge is 0.345 e. The molecule has 2 radical (unpaired) electrons. The molecule has 0 bridgehead atoms. The molecular formula is C28H25NO. The molecular weight excluding hydrogens is 366 g/mol. The van der Waals surface area contributed by atoms with Crippen molar-refractivity contribution in [2.45, 2.75) is 12.8 Å². The number of allylic oxidation sites excluding steroid dienone is 1. The average Bonchev–Trinajstić information content (AvgIpc) is 3.35. The van der Waals surface area contributed by atoms with Gasteiger partial charge in [-0.05, 0) is 52.8 Å². The molecule has 1 amide bonds. The normalized spacial score (nSPS) is 16.0. The lowest BCUT2D eigenvalue weighted by Crippen LogP contribution is -2.26. The fourth-order valence-corrected chi connectivity index (χ4v) is 4.75. The van der Waals surface area contributed by atoms with Gasteiger partial charge in [-0.2, -0.15) is 0 Å². The predicted molar refractivity (Wildman–Crippen MR) is 122 cm³/mol. The number of fused-ring (bicyclic) bond motifs is 2. The van der Waals surface area contributed by atoms with E-state index in [9.17, 15) is 4.79 Å². The van der Waals surface area contributed by atoms with Crippen molar-refractivity contribution in [3.05, 3.63) is 125 Å². The molecule has 2 aliphatic carbocycles. The summed E-state index contributed by atoms with van der Waals surface area (Å²) in [6, 6.07) is 25.4. The Kier molecular flexibility index (Phi) is 4.58. The standard InChI is InChI=1S/C28H25NO/c1-29(2)27(30)21-13-11-20(12-14-21)17-28(18-24-9-5-6-10-25(24)19-28)26-15-22-7-3-4-8-23(22)16-26/h3-16,18H,17,19H2,1-2H3/t28-/m1/s1. The third kappa shape index (κ3) is 3.27. The SMILES string of the molecule is CN(C)C(=O)c1ccc(C[C@@]2(C3=Cc4ccccc4[CH]3)[CH]c3ccccc3C2)cc1. The molecule has 0 aliphatic heterocycles. The number of carbonyl (C=O) groups excluding carboxylic acids is 1. The summed E-state index contributed by atoms with van der Waals surface area (Å²) in [5.74, 6) is 0.0402. The first-order valence-corrected chi connectivity index (χ1v) is 10.4. The summed E-state index contributed by atoms with van der Waals surface area (Å²) in [5.41, 5.74) is 8.61. The molecule has 0 aromatic heterocycles. The summed E-state index contributed by atoms with van der Waals surface area (Å²) >= 11 is 0. The van der Waals surface area contributed by atoms with Crippen LogP contribution in [0.1, 0.15) is 38.2 Å². The van der Waals surface area contributed by atoms with Crippen LogP contribution in [0.5, 0.6) is 0 Å². The van der Waals surface area contributed by atoms with E-state index < -0.39 is 0 Å². The van der Waals surface area contributed by atoms with Crippen LogP contribution in [0.25, 0.3) is 6.08 Å². The number of carbonyl (C=O) groups is 1. The molecule has 0 heterocycles. The molecule has 30 heavy (non-hydrogen) atoms. The topological polar surface area (TPSA) is 20.3 Å². The van der Waals surface area contributed by atoms with E-state index in [1.165, 1.54) is 33.4 Å². The van der Waals surface area contributed by atoms with Gasteiger partial charge in [-0.25, -0.2) is 0 Å². The van der Waals surface area contributed by atoms with Gasteiger partial charge < -0.3 is 4.90 Å². The van der Waals surface area contributed by atoms with Crippen molar-refractivity contribution in [2.24, 2.45) is 5.41 Å². The first kappa shape index (κ1) is 18.9. The van der Waals surface area contributed by atoms with Crippen LogP contribution < -0.4 is 0 Å². The summed E-state index contributed by atoms with van der Waals surface area (Å²) in [6.45, 7) is 0. The summed E-state index contributed by atoms with van der Waals surface area (Å²) in [5, 5.41) is 0. The monoisotopic (exact) mass is 391 g/mol. The first-order valence-electron chi connectivity index (χ1n) is 10.4. The second kappa shape index (κ2) is 7.28. The molecule has 0 saturated heterocycles. The summed E-state index contributed by atoms with van der Waals surface area (Å²) in [7, 11) is 3.58. The Bertz CT molecular complexity index is 1110. The van der Waals surface area contributed by atoms with Crippen LogP contribution in [0.2, 0.25) is 0 Å². The van der Waals surface area contributed by atoms with Gasteiger partial charge in [0.15, 0.2) is 0 Å². The summed E-state index contributed by atoms with van der Waals surface area (Å²) in [4.78, 5) is 13.9. The lowest BCUT2D eigenvalue weighted by atomic mass is 9.72. The second-order valence-electron chi connectivity index (χ2n) is 8.62. The lowest BCUT2D eigenvalue weighted by molar-refractivity contribution is 0.0827. The molecule has 1 atom stereocenters. The van der Waals surface area contributed by atoms with Gasteiger partial charge in [0.05, 0.1) is 0 Å².